The van der Waals surface area contributed by atoms with Crippen molar-refractivity contribution in [2.45, 2.75) is 50.5 Å². The number of amides is 1. The molecule has 0 aliphatic heterocycles. The van der Waals surface area contributed by atoms with Crippen molar-refractivity contribution in [2.75, 3.05) is 6.54 Å². The Hall–Kier alpha value is -2.87. The zero-order valence-corrected chi connectivity index (χ0v) is 17.5. The highest BCUT2D eigenvalue weighted by Gasteiger charge is 2.39. The van der Waals surface area contributed by atoms with Gasteiger partial charge in [-0.25, -0.2) is 4.39 Å². The number of carbonyl (C=O) groups excluding carboxylic acids is 1. The van der Waals surface area contributed by atoms with E-state index in [0.717, 1.165) is 28.7 Å². The third kappa shape index (κ3) is 5.48. The minimum atomic E-state index is -4.49. The van der Waals surface area contributed by atoms with Crippen LogP contribution in [-0.4, -0.2) is 40.6 Å². The predicted molar refractivity (Wildman–Crippen MR) is 115 cm³/mol. The average molecular weight is 447 g/mol. The maximum absolute atomic E-state index is 13.4. The molecule has 1 aliphatic rings. The van der Waals surface area contributed by atoms with Crippen LogP contribution in [0, 0.1) is 5.82 Å². The van der Waals surface area contributed by atoms with Gasteiger partial charge in [-0.2, -0.15) is 13.2 Å². The highest BCUT2D eigenvalue weighted by Crippen LogP contribution is 2.29. The Labute approximate surface area is 183 Å². The summed E-state index contributed by atoms with van der Waals surface area (Å²) in [6.07, 6.45) is -1.99. The van der Waals surface area contributed by atoms with Gasteiger partial charge in [0.1, 0.15) is 18.1 Å². The van der Waals surface area contributed by atoms with Gasteiger partial charge in [0.15, 0.2) is 0 Å². The average Bonchev–Trinajstić information content (AvgIpc) is 3.21. The largest absolute Gasteiger partial charge is 0.406 e. The summed E-state index contributed by atoms with van der Waals surface area (Å²) >= 11 is 0. The SMILES string of the molecule is O=C(c1cc2ccccc2[nH]1)N(CC(F)(F)F)[C@H]1CCCC(NCc2ccc(F)cc2)C1. The first-order chi connectivity index (χ1) is 15.3. The van der Waals surface area contributed by atoms with Crippen LogP contribution in [0.1, 0.15) is 41.7 Å². The van der Waals surface area contributed by atoms with Gasteiger partial charge in [-0.1, -0.05) is 30.3 Å². The lowest BCUT2D eigenvalue weighted by Crippen LogP contribution is -2.50. The summed E-state index contributed by atoms with van der Waals surface area (Å²) in [4.78, 5) is 17.1. The fourth-order valence-corrected chi connectivity index (χ4v) is 4.40. The van der Waals surface area contributed by atoms with Gasteiger partial charge in [-0.05, 0) is 55.5 Å². The number of aromatic nitrogens is 1. The number of halogens is 4. The van der Waals surface area contributed by atoms with Gasteiger partial charge >= 0.3 is 6.18 Å². The third-order valence-electron chi connectivity index (χ3n) is 5.97. The molecule has 2 atom stereocenters. The molecular formula is C24H25F4N3O. The molecule has 2 aromatic carbocycles. The standard InChI is InChI=1S/C24H25F4N3O/c25-18-10-8-16(9-11-18)14-29-19-5-3-6-20(13-19)31(15-24(26,27)28)23(32)22-12-17-4-1-2-7-21(17)30-22/h1-2,4,7-12,19-20,29-30H,3,5-6,13-15H2/t19?,20-/m0/s1. The Morgan fingerprint density at radius 3 is 2.56 bits per heavy atom. The lowest BCUT2D eigenvalue weighted by Gasteiger charge is -2.38. The van der Waals surface area contributed by atoms with Crippen LogP contribution in [-0.2, 0) is 6.54 Å². The fourth-order valence-electron chi connectivity index (χ4n) is 4.40. The summed E-state index contributed by atoms with van der Waals surface area (Å²) in [7, 11) is 0. The van der Waals surface area contributed by atoms with E-state index in [1.54, 1.807) is 30.3 Å². The molecule has 4 rings (SSSR count). The van der Waals surface area contributed by atoms with Crippen molar-refractivity contribution in [3.8, 4) is 0 Å². The molecule has 0 saturated heterocycles. The van der Waals surface area contributed by atoms with Crippen LogP contribution in [0.25, 0.3) is 10.9 Å². The molecule has 1 amide bonds. The molecule has 0 spiro atoms. The molecule has 32 heavy (non-hydrogen) atoms. The lowest BCUT2D eigenvalue weighted by molar-refractivity contribution is -0.146. The van der Waals surface area contributed by atoms with Crippen LogP contribution in [0.4, 0.5) is 17.6 Å². The quantitative estimate of drug-likeness (QED) is 0.496. The highest BCUT2D eigenvalue weighted by molar-refractivity contribution is 5.98. The van der Waals surface area contributed by atoms with Crippen molar-refractivity contribution in [2.24, 2.45) is 0 Å². The minimum Gasteiger partial charge on any atom is -0.351 e. The predicted octanol–water partition coefficient (Wildman–Crippen LogP) is 5.41. The summed E-state index contributed by atoms with van der Waals surface area (Å²) in [5.74, 6) is -0.951. The number of para-hydroxylation sites is 1. The van der Waals surface area contributed by atoms with Crippen LogP contribution in [0.15, 0.2) is 54.6 Å². The van der Waals surface area contributed by atoms with Crippen molar-refractivity contribution in [3.05, 3.63) is 71.7 Å². The molecule has 3 aromatic rings. The maximum Gasteiger partial charge on any atom is 0.406 e. The van der Waals surface area contributed by atoms with Crippen molar-refractivity contribution >= 4 is 16.8 Å². The van der Waals surface area contributed by atoms with E-state index in [4.69, 9.17) is 0 Å². The molecule has 1 heterocycles. The zero-order valence-electron chi connectivity index (χ0n) is 17.5. The van der Waals surface area contributed by atoms with Gasteiger partial charge in [-0.3, -0.25) is 4.79 Å². The van der Waals surface area contributed by atoms with E-state index < -0.39 is 24.7 Å². The number of rotatable bonds is 6. The van der Waals surface area contributed by atoms with Crippen LogP contribution >= 0.6 is 0 Å². The summed E-state index contributed by atoms with van der Waals surface area (Å²) in [5.41, 5.74) is 1.77. The van der Waals surface area contributed by atoms with Gasteiger partial charge in [-0.15, -0.1) is 0 Å². The normalized spacial score (nSPS) is 19.2. The summed E-state index contributed by atoms with van der Waals surface area (Å²) in [5, 5.41) is 4.14. The summed E-state index contributed by atoms with van der Waals surface area (Å²) in [6.45, 7) is -0.788. The molecule has 170 valence electrons. The molecule has 8 heteroatoms. The number of hydrogen-bond donors (Lipinski definition) is 2. The van der Waals surface area contributed by atoms with E-state index in [2.05, 4.69) is 10.3 Å². The van der Waals surface area contributed by atoms with Crippen LogP contribution < -0.4 is 5.32 Å². The first-order valence-electron chi connectivity index (χ1n) is 10.7. The Bertz CT molecular complexity index is 1030. The molecule has 1 aliphatic carbocycles. The van der Waals surface area contributed by atoms with E-state index in [9.17, 15) is 22.4 Å². The number of nitrogens with zero attached hydrogens (tertiary/aromatic N) is 1. The number of H-pyrrole nitrogens is 1. The zero-order chi connectivity index (χ0) is 22.7. The molecule has 0 bridgehead atoms. The molecule has 4 nitrogen and oxygen atoms in total. The van der Waals surface area contributed by atoms with Crippen molar-refractivity contribution < 1.29 is 22.4 Å². The topological polar surface area (TPSA) is 48.1 Å². The third-order valence-corrected chi connectivity index (χ3v) is 5.97. The molecule has 1 aromatic heterocycles. The number of nitrogens with one attached hydrogen (secondary N) is 2. The van der Waals surface area contributed by atoms with Crippen molar-refractivity contribution in [1.82, 2.24) is 15.2 Å². The van der Waals surface area contributed by atoms with Crippen LogP contribution in [0.3, 0.4) is 0 Å². The second-order valence-electron chi connectivity index (χ2n) is 8.34. The monoisotopic (exact) mass is 447 g/mol. The number of fused-ring (bicyclic) bond motifs is 1. The molecule has 1 fully saturated rings. The Morgan fingerprint density at radius 1 is 1.09 bits per heavy atom. The summed E-state index contributed by atoms with van der Waals surface area (Å²) in [6, 6.07) is 14.4. The number of benzene rings is 2. The number of hydrogen-bond acceptors (Lipinski definition) is 2. The van der Waals surface area contributed by atoms with Gasteiger partial charge in [0, 0.05) is 29.5 Å². The van der Waals surface area contributed by atoms with E-state index in [0.29, 0.717) is 24.9 Å². The summed E-state index contributed by atoms with van der Waals surface area (Å²) < 4.78 is 53.3. The van der Waals surface area contributed by atoms with Crippen molar-refractivity contribution in [1.29, 1.82) is 0 Å². The minimum absolute atomic E-state index is 0.0231. The number of aromatic amines is 1. The van der Waals surface area contributed by atoms with E-state index in [1.165, 1.54) is 12.1 Å². The molecule has 2 N–H and O–H groups in total. The van der Waals surface area contributed by atoms with Crippen molar-refractivity contribution in [3.63, 3.8) is 0 Å². The molecule has 1 unspecified atom stereocenters. The first-order valence-corrected chi connectivity index (χ1v) is 10.7. The first kappa shape index (κ1) is 22.3. The van der Waals surface area contributed by atoms with E-state index in [-0.39, 0.29) is 17.6 Å². The number of carbonyl (C=O) groups is 1. The maximum atomic E-state index is 13.4. The van der Waals surface area contributed by atoms with E-state index in [1.807, 2.05) is 12.1 Å². The van der Waals surface area contributed by atoms with Gasteiger partial charge in [0.05, 0.1) is 0 Å². The second-order valence-corrected chi connectivity index (χ2v) is 8.34. The van der Waals surface area contributed by atoms with Gasteiger partial charge in [0.2, 0.25) is 0 Å². The van der Waals surface area contributed by atoms with Crippen LogP contribution in [0.5, 0.6) is 0 Å². The molecule has 0 radical (unpaired) electrons. The number of alkyl halides is 3. The van der Waals surface area contributed by atoms with Gasteiger partial charge in [0.25, 0.3) is 5.91 Å². The lowest BCUT2D eigenvalue weighted by atomic mass is 9.89. The van der Waals surface area contributed by atoms with Gasteiger partial charge < -0.3 is 15.2 Å². The Morgan fingerprint density at radius 2 is 1.84 bits per heavy atom. The van der Waals surface area contributed by atoms with E-state index >= 15 is 0 Å². The fraction of sp³-hybridized carbons (Fsp3) is 0.375. The van der Waals surface area contributed by atoms with Crippen LogP contribution in [0.2, 0.25) is 0 Å². The Kier molecular flexibility index (Phi) is 6.50. The Balaban J connectivity index is 1.48. The molecular weight excluding hydrogens is 422 g/mol. The second kappa shape index (κ2) is 9.32. The highest BCUT2D eigenvalue weighted by atomic mass is 19.4. The smallest absolute Gasteiger partial charge is 0.351 e. The molecule has 1 saturated carbocycles.